The quantitative estimate of drug-likeness (QED) is 0.212. The van der Waals surface area contributed by atoms with Crippen LogP contribution in [0.5, 0.6) is 11.5 Å². The number of hydrogen-bond donors (Lipinski definition) is 2. The zero-order valence-electron chi connectivity index (χ0n) is 25.2. The van der Waals surface area contributed by atoms with Gasteiger partial charge in [-0.2, -0.15) is 0 Å². The lowest BCUT2D eigenvalue weighted by atomic mass is 9.81. The van der Waals surface area contributed by atoms with Crippen LogP contribution in [0, 0.1) is 0 Å². The molecule has 0 fully saturated rings. The summed E-state index contributed by atoms with van der Waals surface area (Å²) in [6, 6.07) is 17.2. The van der Waals surface area contributed by atoms with E-state index in [4.69, 9.17) is 27.9 Å². The second-order valence-electron chi connectivity index (χ2n) is 12.3. The highest BCUT2D eigenvalue weighted by atomic mass is 35.5. The van der Waals surface area contributed by atoms with Crippen molar-refractivity contribution in [1.82, 2.24) is 4.58 Å². The number of nitrogens with zero attached hydrogens (tertiary/aromatic N) is 2. The number of rotatable bonds is 3. The lowest BCUT2D eigenvalue weighted by molar-refractivity contribution is 0.0681. The molecule has 5 aromatic rings. The maximum Gasteiger partial charge on any atom is 0.337 e. The molecule has 7 nitrogen and oxygen atoms in total. The molecule has 8 rings (SSSR count). The summed E-state index contributed by atoms with van der Waals surface area (Å²) < 4.78 is 9.42. The van der Waals surface area contributed by atoms with Gasteiger partial charge < -0.3 is 19.8 Å². The van der Waals surface area contributed by atoms with Crippen molar-refractivity contribution in [3.05, 3.63) is 109 Å². The number of halogens is 2. The van der Waals surface area contributed by atoms with Gasteiger partial charge in [-0.05, 0) is 42.2 Å². The van der Waals surface area contributed by atoms with E-state index >= 15 is 0 Å². The molecule has 0 bridgehead atoms. The molecule has 0 aromatic heterocycles. The number of ether oxygens (including phenoxy) is 1. The summed E-state index contributed by atoms with van der Waals surface area (Å²) in [6.07, 6.45) is 3.36. The first-order valence-corrected chi connectivity index (χ1v) is 16.1. The molecule has 3 aliphatic rings. The molecule has 46 heavy (non-hydrogen) atoms. The Labute approximate surface area is 274 Å². The van der Waals surface area contributed by atoms with Crippen molar-refractivity contribution in [2.45, 2.75) is 25.7 Å². The minimum absolute atomic E-state index is 0.0772. The SMILES string of the molecule is CN1CCCc2c3c(c4ccccc4c21)C(c1c(Cl)c(C(=O)O)cc(Cl)c1C(=O)O)=c1c(c2c(c4ccccc14)=[N+](C)CCC2)O3. The van der Waals surface area contributed by atoms with Crippen LogP contribution in [0.15, 0.2) is 54.6 Å². The van der Waals surface area contributed by atoms with Gasteiger partial charge in [-0.15, -0.1) is 0 Å². The fourth-order valence-electron chi connectivity index (χ4n) is 7.87. The molecular weight excluding hydrogens is 623 g/mol. The number of fused-ring (bicyclic) bond motifs is 12. The molecular formula is C37H29Cl2N2O5+. The van der Waals surface area contributed by atoms with Crippen molar-refractivity contribution in [2.75, 3.05) is 32.1 Å². The largest absolute Gasteiger partial charge is 0.478 e. The highest BCUT2D eigenvalue weighted by molar-refractivity contribution is 6.40. The molecule has 0 radical (unpaired) electrons. The second-order valence-corrected chi connectivity index (χ2v) is 13.0. The number of benzene rings is 5. The van der Waals surface area contributed by atoms with Crippen LogP contribution >= 0.6 is 23.2 Å². The first-order chi connectivity index (χ1) is 22.2. The van der Waals surface area contributed by atoms with Gasteiger partial charge in [0.25, 0.3) is 0 Å². The average molecular weight is 653 g/mol. The number of carboxylic acid groups (broad SMARTS) is 2. The van der Waals surface area contributed by atoms with Gasteiger partial charge in [0.05, 0.1) is 37.8 Å². The third-order valence-electron chi connectivity index (χ3n) is 9.70. The zero-order chi connectivity index (χ0) is 32.0. The third kappa shape index (κ3) is 3.94. The van der Waals surface area contributed by atoms with Gasteiger partial charge in [-0.1, -0.05) is 65.7 Å². The zero-order valence-corrected chi connectivity index (χ0v) is 26.7. The van der Waals surface area contributed by atoms with Gasteiger partial charge in [0.2, 0.25) is 5.36 Å². The van der Waals surface area contributed by atoms with E-state index in [1.807, 2.05) is 36.4 Å². The number of carboxylic acids is 2. The Hall–Kier alpha value is -4.59. The topological polar surface area (TPSA) is 90.1 Å². The van der Waals surface area contributed by atoms with Crippen molar-refractivity contribution in [3.63, 3.8) is 0 Å². The van der Waals surface area contributed by atoms with Crippen LogP contribution in [0.1, 0.15) is 55.8 Å². The minimum atomic E-state index is -1.30. The Balaban J connectivity index is 1.74. The second kappa shape index (κ2) is 10.5. The molecule has 3 heterocycles. The lowest BCUT2D eigenvalue weighted by Crippen LogP contribution is -2.38. The number of anilines is 1. The van der Waals surface area contributed by atoms with Gasteiger partial charge in [0.15, 0.2) is 0 Å². The molecule has 0 amide bonds. The summed E-state index contributed by atoms with van der Waals surface area (Å²) in [5.74, 6) is -1.30. The Kier molecular flexibility index (Phi) is 6.57. The number of carbonyl (C=O) groups is 2. The molecule has 0 spiro atoms. The molecule has 9 heteroatoms. The normalized spacial score (nSPS) is 15.3. The number of aromatic carboxylic acids is 2. The minimum Gasteiger partial charge on any atom is -0.478 e. The predicted octanol–water partition coefficient (Wildman–Crippen LogP) is 6.50. The van der Waals surface area contributed by atoms with Crippen molar-refractivity contribution < 1.29 is 24.5 Å². The van der Waals surface area contributed by atoms with Crippen LogP contribution in [0.2, 0.25) is 10.0 Å². The first kappa shape index (κ1) is 28.9. The third-order valence-corrected chi connectivity index (χ3v) is 10.4. The summed E-state index contributed by atoms with van der Waals surface area (Å²) >= 11 is 13.7. The highest BCUT2D eigenvalue weighted by Crippen LogP contribution is 2.52. The molecule has 0 unspecified atom stereocenters. The van der Waals surface area contributed by atoms with Crippen LogP contribution in [-0.4, -0.2) is 49.3 Å². The Morgan fingerprint density at radius 2 is 1.52 bits per heavy atom. The smallest absolute Gasteiger partial charge is 0.337 e. The molecule has 0 aliphatic carbocycles. The van der Waals surface area contributed by atoms with Gasteiger partial charge in [0.1, 0.15) is 25.1 Å². The van der Waals surface area contributed by atoms with Crippen LogP contribution in [0.3, 0.4) is 0 Å². The van der Waals surface area contributed by atoms with Gasteiger partial charge >= 0.3 is 11.9 Å². The highest BCUT2D eigenvalue weighted by Gasteiger charge is 2.37. The summed E-state index contributed by atoms with van der Waals surface area (Å²) in [6.45, 7) is 1.78. The van der Waals surface area contributed by atoms with E-state index in [1.165, 1.54) is 0 Å². The monoisotopic (exact) mass is 651 g/mol. The van der Waals surface area contributed by atoms with E-state index < -0.39 is 11.9 Å². The summed E-state index contributed by atoms with van der Waals surface area (Å²) in [7, 11) is 4.16. The summed E-state index contributed by atoms with van der Waals surface area (Å²) in [5, 5.41) is 26.0. The van der Waals surface area contributed by atoms with Crippen LogP contribution in [0.4, 0.5) is 5.69 Å². The van der Waals surface area contributed by atoms with E-state index in [-0.39, 0.29) is 26.7 Å². The Bertz CT molecular complexity index is 2370. The van der Waals surface area contributed by atoms with Gasteiger partial charge in [0, 0.05) is 52.9 Å². The molecule has 230 valence electrons. The molecule has 2 N–H and O–H groups in total. The van der Waals surface area contributed by atoms with Crippen molar-refractivity contribution in [3.8, 4) is 11.5 Å². The maximum absolute atomic E-state index is 13.1. The Morgan fingerprint density at radius 3 is 2.24 bits per heavy atom. The molecule has 0 saturated carbocycles. The van der Waals surface area contributed by atoms with Crippen LogP contribution < -0.4 is 24.8 Å². The summed E-state index contributed by atoms with van der Waals surface area (Å²) in [4.78, 5) is 27.8. The van der Waals surface area contributed by atoms with Crippen LogP contribution in [-0.2, 0) is 12.8 Å². The van der Waals surface area contributed by atoms with Gasteiger partial charge in [-0.3, -0.25) is 0 Å². The molecule has 5 aromatic carbocycles. The fraction of sp³-hybridized carbons (Fsp3) is 0.216. The predicted molar refractivity (Wildman–Crippen MR) is 181 cm³/mol. The molecule has 0 atom stereocenters. The van der Waals surface area contributed by atoms with Crippen LogP contribution in [0.25, 0.3) is 27.1 Å². The van der Waals surface area contributed by atoms with E-state index in [1.54, 1.807) is 0 Å². The van der Waals surface area contributed by atoms with E-state index in [9.17, 15) is 19.8 Å². The average Bonchev–Trinajstić information content (AvgIpc) is 3.04. The van der Waals surface area contributed by atoms with E-state index in [2.05, 4.69) is 35.7 Å². The van der Waals surface area contributed by atoms with Crippen molar-refractivity contribution >= 4 is 67.9 Å². The van der Waals surface area contributed by atoms with E-state index in [0.29, 0.717) is 27.9 Å². The summed E-state index contributed by atoms with van der Waals surface area (Å²) in [5.41, 5.74) is 3.92. The number of hydrogen-bond acceptors (Lipinski definition) is 4. The van der Waals surface area contributed by atoms with Crippen molar-refractivity contribution in [2.24, 2.45) is 0 Å². The molecule has 3 aliphatic heterocycles. The molecule has 0 saturated heterocycles. The standard InChI is InChI=1S/C37H28Cl2N2O5/c1-40-15-7-13-22-32(40)20-11-5-3-9-18(20)26-29(30-28(37(44)45)25(38)17-24(31(30)39)36(42)43)27-19-10-4-6-12-21(19)33-23(14-8-16-41(33)2)35(27)46-34(22)26/h3-6,9-12,17H,7-8,13-16H2,1-2H3,(H-,42,43,44,45)/p+1. The Morgan fingerprint density at radius 1 is 0.848 bits per heavy atom. The fourth-order valence-corrected chi connectivity index (χ4v) is 8.48. The van der Waals surface area contributed by atoms with E-state index in [0.717, 1.165) is 88.6 Å². The first-order valence-electron chi connectivity index (χ1n) is 15.3. The van der Waals surface area contributed by atoms with Crippen molar-refractivity contribution in [1.29, 1.82) is 0 Å². The maximum atomic E-state index is 13.1. The van der Waals surface area contributed by atoms with Gasteiger partial charge in [-0.25, -0.2) is 14.2 Å². The lowest BCUT2D eigenvalue weighted by Gasteiger charge is -2.35.